The first kappa shape index (κ1) is 13.3. The van der Waals surface area contributed by atoms with Gasteiger partial charge in [-0.15, -0.1) is 0 Å². The SMILES string of the molecule is C[C@@H](O)c1ccc(N2CCN(CCO)CC2)cn1. The lowest BCUT2D eigenvalue weighted by Crippen LogP contribution is -2.47. The predicted molar refractivity (Wildman–Crippen MR) is 70.6 cm³/mol. The highest BCUT2D eigenvalue weighted by Gasteiger charge is 2.16. The lowest BCUT2D eigenvalue weighted by molar-refractivity contribution is 0.188. The molecule has 18 heavy (non-hydrogen) atoms. The molecule has 0 aliphatic carbocycles. The molecule has 0 radical (unpaired) electrons. The number of aromatic nitrogens is 1. The maximum atomic E-state index is 9.41. The second-order valence-electron chi connectivity index (χ2n) is 4.67. The molecular formula is C13H21N3O2. The second kappa shape index (κ2) is 6.13. The molecule has 0 amide bonds. The van der Waals surface area contributed by atoms with Gasteiger partial charge < -0.3 is 15.1 Å². The van der Waals surface area contributed by atoms with Crippen molar-refractivity contribution in [1.29, 1.82) is 0 Å². The molecule has 1 aliphatic heterocycles. The van der Waals surface area contributed by atoms with E-state index in [1.54, 1.807) is 6.92 Å². The fourth-order valence-corrected chi connectivity index (χ4v) is 2.20. The molecule has 0 aromatic carbocycles. The number of aliphatic hydroxyl groups excluding tert-OH is 2. The van der Waals surface area contributed by atoms with Crippen molar-refractivity contribution in [3.63, 3.8) is 0 Å². The molecule has 1 aromatic rings. The van der Waals surface area contributed by atoms with Crippen LogP contribution < -0.4 is 4.90 Å². The normalized spacial score (nSPS) is 18.9. The number of rotatable bonds is 4. The summed E-state index contributed by atoms with van der Waals surface area (Å²) in [6.07, 6.45) is 1.31. The minimum absolute atomic E-state index is 0.227. The Kier molecular flexibility index (Phi) is 4.52. The van der Waals surface area contributed by atoms with Gasteiger partial charge in [-0.1, -0.05) is 0 Å². The van der Waals surface area contributed by atoms with Gasteiger partial charge in [0.05, 0.1) is 30.3 Å². The first-order valence-electron chi connectivity index (χ1n) is 6.43. The molecule has 5 heteroatoms. The van der Waals surface area contributed by atoms with Crippen molar-refractivity contribution in [2.24, 2.45) is 0 Å². The summed E-state index contributed by atoms with van der Waals surface area (Å²) in [5.74, 6) is 0. The molecule has 1 atom stereocenters. The zero-order valence-electron chi connectivity index (χ0n) is 10.8. The number of hydrogen-bond donors (Lipinski definition) is 2. The van der Waals surface area contributed by atoms with Crippen LogP contribution >= 0.6 is 0 Å². The summed E-state index contributed by atoms with van der Waals surface area (Å²) in [5, 5.41) is 18.3. The van der Waals surface area contributed by atoms with Gasteiger partial charge in [-0.3, -0.25) is 9.88 Å². The highest BCUT2D eigenvalue weighted by Crippen LogP contribution is 2.17. The van der Waals surface area contributed by atoms with Crippen molar-refractivity contribution >= 4 is 5.69 Å². The third-order valence-electron chi connectivity index (χ3n) is 3.35. The van der Waals surface area contributed by atoms with Crippen LogP contribution in [-0.2, 0) is 0 Å². The van der Waals surface area contributed by atoms with Gasteiger partial charge in [0, 0.05) is 32.7 Å². The number of piperazine rings is 1. The van der Waals surface area contributed by atoms with E-state index in [4.69, 9.17) is 5.11 Å². The van der Waals surface area contributed by atoms with Crippen LogP contribution in [0.1, 0.15) is 18.7 Å². The van der Waals surface area contributed by atoms with Gasteiger partial charge in [0.15, 0.2) is 0 Å². The molecule has 1 fully saturated rings. The minimum Gasteiger partial charge on any atom is -0.395 e. The molecule has 1 saturated heterocycles. The van der Waals surface area contributed by atoms with E-state index in [-0.39, 0.29) is 6.61 Å². The highest BCUT2D eigenvalue weighted by molar-refractivity contribution is 5.45. The first-order chi connectivity index (χ1) is 8.70. The van der Waals surface area contributed by atoms with Crippen LogP contribution in [0.4, 0.5) is 5.69 Å². The van der Waals surface area contributed by atoms with Crippen molar-refractivity contribution in [1.82, 2.24) is 9.88 Å². The van der Waals surface area contributed by atoms with Crippen molar-refractivity contribution in [2.45, 2.75) is 13.0 Å². The number of β-amino-alcohol motifs (C(OH)–C–C–N with tert-alkyl or cyclic N) is 1. The lowest BCUT2D eigenvalue weighted by atomic mass is 10.2. The van der Waals surface area contributed by atoms with Crippen LogP contribution in [0.15, 0.2) is 18.3 Å². The molecule has 100 valence electrons. The number of anilines is 1. The molecule has 0 bridgehead atoms. The van der Waals surface area contributed by atoms with Crippen LogP contribution in [-0.4, -0.2) is 59.4 Å². The van der Waals surface area contributed by atoms with E-state index >= 15 is 0 Å². The Morgan fingerprint density at radius 1 is 1.28 bits per heavy atom. The molecule has 0 spiro atoms. The van der Waals surface area contributed by atoms with E-state index in [0.717, 1.165) is 38.4 Å². The molecule has 1 aromatic heterocycles. The Bertz CT molecular complexity index is 359. The van der Waals surface area contributed by atoms with E-state index in [1.165, 1.54) is 0 Å². The van der Waals surface area contributed by atoms with Crippen LogP contribution in [0.2, 0.25) is 0 Å². The van der Waals surface area contributed by atoms with Crippen LogP contribution in [0.3, 0.4) is 0 Å². The van der Waals surface area contributed by atoms with Crippen molar-refractivity contribution in [3.05, 3.63) is 24.0 Å². The second-order valence-corrected chi connectivity index (χ2v) is 4.67. The van der Waals surface area contributed by atoms with E-state index in [9.17, 15) is 5.11 Å². The third kappa shape index (κ3) is 3.19. The molecule has 2 N–H and O–H groups in total. The van der Waals surface area contributed by atoms with Gasteiger partial charge in [0.2, 0.25) is 0 Å². The van der Waals surface area contributed by atoms with Gasteiger partial charge in [0.1, 0.15) is 0 Å². The Balaban J connectivity index is 1.93. The van der Waals surface area contributed by atoms with Gasteiger partial charge in [0.25, 0.3) is 0 Å². The fourth-order valence-electron chi connectivity index (χ4n) is 2.20. The molecular weight excluding hydrogens is 230 g/mol. The topological polar surface area (TPSA) is 59.8 Å². The average molecular weight is 251 g/mol. The average Bonchev–Trinajstić information content (AvgIpc) is 2.40. The first-order valence-corrected chi connectivity index (χ1v) is 6.43. The summed E-state index contributed by atoms with van der Waals surface area (Å²) < 4.78 is 0. The fraction of sp³-hybridized carbons (Fsp3) is 0.615. The molecule has 1 aliphatic rings. The minimum atomic E-state index is -0.513. The summed E-state index contributed by atoms with van der Waals surface area (Å²) in [4.78, 5) is 8.81. The Morgan fingerprint density at radius 3 is 2.50 bits per heavy atom. The molecule has 0 saturated carbocycles. The summed E-state index contributed by atoms with van der Waals surface area (Å²) in [6, 6.07) is 3.89. The van der Waals surface area contributed by atoms with E-state index in [2.05, 4.69) is 14.8 Å². The third-order valence-corrected chi connectivity index (χ3v) is 3.35. The van der Waals surface area contributed by atoms with Crippen LogP contribution in [0.25, 0.3) is 0 Å². The number of pyridine rings is 1. The van der Waals surface area contributed by atoms with Crippen molar-refractivity contribution in [2.75, 3.05) is 44.2 Å². The molecule has 2 rings (SSSR count). The van der Waals surface area contributed by atoms with Gasteiger partial charge in [-0.2, -0.15) is 0 Å². The number of aliphatic hydroxyl groups is 2. The summed E-state index contributed by atoms with van der Waals surface area (Å²) in [7, 11) is 0. The van der Waals surface area contributed by atoms with Gasteiger partial charge in [-0.05, 0) is 19.1 Å². The van der Waals surface area contributed by atoms with Crippen LogP contribution in [0, 0.1) is 0 Å². The summed E-state index contributed by atoms with van der Waals surface area (Å²) in [6.45, 7) is 6.55. The van der Waals surface area contributed by atoms with Gasteiger partial charge >= 0.3 is 0 Å². The maximum Gasteiger partial charge on any atom is 0.0931 e. The lowest BCUT2D eigenvalue weighted by Gasteiger charge is -2.35. The zero-order chi connectivity index (χ0) is 13.0. The zero-order valence-corrected chi connectivity index (χ0v) is 10.8. The smallest absolute Gasteiger partial charge is 0.0931 e. The standard InChI is InChI=1S/C13H21N3O2/c1-11(18)13-3-2-12(10-14-13)16-6-4-15(5-7-16)8-9-17/h2-3,10-11,17-18H,4-9H2,1H3/t11-/m1/s1. The monoisotopic (exact) mass is 251 g/mol. The highest BCUT2D eigenvalue weighted by atomic mass is 16.3. The Hall–Kier alpha value is -1.17. The summed E-state index contributed by atoms with van der Waals surface area (Å²) >= 11 is 0. The van der Waals surface area contributed by atoms with E-state index in [0.29, 0.717) is 5.69 Å². The molecule has 2 heterocycles. The Labute approximate surface area is 108 Å². The Morgan fingerprint density at radius 2 is 2.00 bits per heavy atom. The van der Waals surface area contributed by atoms with E-state index < -0.39 is 6.10 Å². The van der Waals surface area contributed by atoms with Crippen molar-refractivity contribution in [3.8, 4) is 0 Å². The van der Waals surface area contributed by atoms with E-state index in [1.807, 2.05) is 18.3 Å². The molecule has 0 unspecified atom stereocenters. The largest absolute Gasteiger partial charge is 0.395 e. The summed E-state index contributed by atoms with van der Waals surface area (Å²) in [5.41, 5.74) is 1.81. The molecule has 5 nitrogen and oxygen atoms in total. The number of nitrogens with zero attached hydrogens (tertiary/aromatic N) is 3. The van der Waals surface area contributed by atoms with Gasteiger partial charge in [-0.25, -0.2) is 0 Å². The van der Waals surface area contributed by atoms with Crippen LogP contribution in [0.5, 0.6) is 0 Å². The van der Waals surface area contributed by atoms with Crippen molar-refractivity contribution < 1.29 is 10.2 Å². The quantitative estimate of drug-likeness (QED) is 0.803. The predicted octanol–water partition coefficient (Wildman–Crippen LogP) is 0.249. The maximum absolute atomic E-state index is 9.41. The number of hydrogen-bond acceptors (Lipinski definition) is 5.